The summed E-state index contributed by atoms with van der Waals surface area (Å²) in [5.41, 5.74) is 6.12. The second-order valence-electron chi connectivity index (χ2n) is 3.04. The molecule has 0 unspecified atom stereocenters. The smallest absolute Gasteiger partial charge is 0.252 e. The third kappa shape index (κ3) is 1.23. The largest absolute Gasteiger partial charge is 0.461 e. The Hall–Kier alpha value is -2.37. The van der Waals surface area contributed by atoms with Gasteiger partial charge < -0.3 is 10.2 Å². The van der Waals surface area contributed by atoms with Crippen LogP contribution < -0.4 is 5.73 Å². The van der Waals surface area contributed by atoms with Crippen LogP contribution in [-0.4, -0.2) is 19.6 Å². The fourth-order valence-corrected chi connectivity index (χ4v) is 1.31. The van der Waals surface area contributed by atoms with Crippen LogP contribution in [-0.2, 0) is 0 Å². The highest BCUT2D eigenvalue weighted by Crippen LogP contribution is 2.15. The summed E-state index contributed by atoms with van der Waals surface area (Å²) in [6.07, 6.45) is 4.76. The van der Waals surface area contributed by atoms with E-state index >= 15 is 0 Å². The lowest BCUT2D eigenvalue weighted by atomic mass is 10.4. The van der Waals surface area contributed by atoms with Crippen LogP contribution in [0.1, 0.15) is 0 Å². The molecule has 0 saturated carbocycles. The molecule has 0 radical (unpaired) electrons. The monoisotopic (exact) mass is 201 g/mol. The van der Waals surface area contributed by atoms with Gasteiger partial charge in [-0.3, -0.25) is 0 Å². The molecule has 15 heavy (non-hydrogen) atoms. The van der Waals surface area contributed by atoms with Crippen molar-refractivity contribution in [2.24, 2.45) is 0 Å². The highest BCUT2D eigenvalue weighted by molar-refractivity contribution is 5.50. The molecule has 0 aliphatic heterocycles. The van der Waals surface area contributed by atoms with Crippen LogP contribution in [0.25, 0.3) is 17.4 Å². The minimum atomic E-state index is 0.496. The molecule has 3 aromatic heterocycles. The zero-order valence-corrected chi connectivity index (χ0v) is 7.66. The number of hydrogen-bond donors (Lipinski definition) is 1. The standard InChI is InChI=1S/C9H7N5O/c10-6-4-11-9-12-8(13-14(9)5-6)7-2-1-3-15-7/h1-5H,10H2. The molecule has 0 spiro atoms. The van der Waals surface area contributed by atoms with Crippen molar-refractivity contribution in [3.8, 4) is 11.6 Å². The van der Waals surface area contributed by atoms with Gasteiger partial charge in [-0.25, -0.2) is 9.50 Å². The number of hydrogen-bond acceptors (Lipinski definition) is 5. The molecule has 3 aromatic rings. The van der Waals surface area contributed by atoms with Gasteiger partial charge in [-0.1, -0.05) is 0 Å². The van der Waals surface area contributed by atoms with Crippen LogP contribution in [0.15, 0.2) is 35.2 Å². The number of nitrogen functional groups attached to an aromatic ring is 1. The molecule has 6 nitrogen and oxygen atoms in total. The number of rotatable bonds is 1. The summed E-state index contributed by atoms with van der Waals surface area (Å²) < 4.78 is 6.70. The molecule has 0 aliphatic rings. The van der Waals surface area contributed by atoms with E-state index in [0.29, 0.717) is 23.0 Å². The quantitative estimate of drug-likeness (QED) is 0.634. The lowest BCUT2D eigenvalue weighted by Gasteiger charge is -1.90. The van der Waals surface area contributed by atoms with Gasteiger partial charge in [-0.15, -0.1) is 5.10 Å². The van der Waals surface area contributed by atoms with Crippen LogP contribution in [0.4, 0.5) is 5.69 Å². The highest BCUT2D eigenvalue weighted by atomic mass is 16.3. The summed E-state index contributed by atoms with van der Waals surface area (Å²) in [5, 5.41) is 4.19. The van der Waals surface area contributed by atoms with E-state index in [0.717, 1.165) is 0 Å². The van der Waals surface area contributed by atoms with Gasteiger partial charge >= 0.3 is 0 Å². The molecular formula is C9H7N5O. The lowest BCUT2D eigenvalue weighted by Crippen LogP contribution is -1.94. The first kappa shape index (κ1) is 7.98. The van der Waals surface area contributed by atoms with E-state index in [9.17, 15) is 0 Å². The van der Waals surface area contributed by atoms with Crippen molar-refractivity contribution in [1.82, 2.24) is 19.6 Å². The maximum atomic E-state index is 5.58. The molecule has 0 atom stereocenters. The summed E-state index contributed by atoms with van der Waals surface area (Å²) in [5.74, 6) is 1.60. The average molecular weight is 201 g/mol. The van der Waals surface area contributed by atoms with Gasteiger partial charge in [0, 0.05) is 0 Å². The number of nitrogens with zero attached hydrogens (tertiary/aromatic N) is 4. The first-order chi connectivity index (χ1) is 7.33. The first-order valence-corrected chi connectivity index (χ1v) is 4.35. The van der Waals surface area contributed by atoms with Crippen molar-refractivity contribution in [3.63, 3.8) is 0 Å². The topological polar surface area (TPSA) is 82.2 Å². The van der Waals surface area contributed by atoms with Crippen LogP contribution in [0.2, 0.25) is 0 Å². The molecule has 0 bridgehead atoms. The molecule has 3 heterocycles. The zero-order chi connectivity index (χ0) is 10.3. The van der Waals surface area contributed by atoms with Gasteiger partial charge in [-0.05, 0) is 12.1 Å². The van der Waals surface area contributed by atoms with Crippen molar-refractivity contribution in [3.05, 3.63) is 30.8 Å². The Kier molecular flexibility index (Phi) is 1.49. The molecule has 74 valence electrons. The molecule has 0 fully saturated rings. The predicted octanol–water partition coefficient (Wildman–Crippen LogP) is 0.967. The Morgan fingerprint density at radius 2 is 2.33 bits per heavy atom. The van der Waals surface area contributed by atoms with E-state index in [4.69, 9.17) is 10.2 Å². The van der Waals surface area contributed by atoms with Crippen molar-refractivity contribution in [2.45, 2.75) is 0 Å². The van der Waals surface area contributed by atoms with Crippen molar-refractivity contribution < 1.29 is 4.42 Å². The third-order valence-electron chi connectivity index (χ3n) is 1.96. The SMILES string of the molecule is Nc1cnc2nc(-c3ccco3)nn2c1. The van der Waals surface area contributed by atoms with Crippen LogP contribution in [0, 0.1) is 0 Å². The Balaban J connectivity index is 2.22. The van der Waals surface area contributed by atoms with Crippen LogP contribution in [0.5, 0.6) is 0 Å². The van der Waals surface area contributed by atoms with E-state index in [1.807, 2.05) is 0 Å². The highest BCUT2D eigenvalue weighted by Gasteiger charge is 2.08. The molecule has 0 aliphatic carbocycles. The molecule has 6 heteroatoms. The summed E-state index contributed by atoms with van der Waals surface area (Å²) in [7, 11) is 0. The van der Waals surface area contributed by atoms with Gasteiger partial charge in [0.25, 0.3) is 5.78 Å². The number of fused-ring (bicyclic) bond motifs is 1. The van der Waals surface area contributed by atoms with Gasteiger partial charge in [0.2, 0.25) is 5.82 Å². The molecule has 0 amide bonds. The summed E-state index contributed by atoms with van der Waals surface area (Å²) in [6, 6.07) is 3.57. The molecular weight excluding hydrogens is 194 g/mol. The van der Waals surface area contributed by atoms with Crippen LogP contribution >= 0.6 is 0 Å². The molecule has 2 N–H and O–H groups in total. The van der Waals surface area contributed by atoms with Gasteiger partial charge in [-0.2, -0.15) is 4.98 Å². The van der Waals surface area contributed by atoms with E-state index in [2.05, 4.69) is 15.1 Å². The number of nitrogens with two attached hydrogens (primary N) is 1. The Morgan fingerprint density at radius 1 is 1.40 bits per heavy atom. The Labute approximate surface area is 84.4 Å². The van der Waals surface area contributed by atoms with Gasteiger partial charge in [0.05, 0.1) is 24.3 Å². The summed E-state index contributed by atoms with van der Waals surface area (Å²) in [4.78, 5) is 8.22. The fraction of sp³-hybridized carbons (Fsp3) is 0. The summed E-state index contributed by atoms with van der Waals surface area (Å²) in [6.45, 7) is 0. The molecule has 0 aromatic carbocycles. The third-order valence-corrected chi connectivity index (χ3v) is 1.96. The van der Waals surface area contributed by atoms with Crippen molar-refractivity contribution in [2.75, 3.05) is 5.73 Å². The van der Waals surface area contributed by atoms with Gasteiger partial charge in [0.1, 0.15) is 0 Å². The first-order valence-electron chi connectivity index (χ1n) is 4.35. The van der Waals surface area contributed by atoms with E-state index in [-0.39, 0.29) is 0 Å². The van der Waals surface area contributed by atoms with Crippen LogP contribution in [0.3, 0.4) is 0 Å². The number of furan rings is 1. The molecule has 0 saturated heterocycles. The maximum Gasteiger partial charge on any atom is 0.252 e. The minimum absolute atomic E-state index is 0.496. The Morgan fingerprint density at radius 3 is 3.13 bits per heavy atom. The minimum Gasteiger partial charge on any atom is -0.461 e. The molecule has 3 rings (SSSR count). The summed E-state index contributed by atoms with van der Waals surface area (Å²) >= 11 is 0. The second kappa shape index (κ2) is 2.81. The van der Waals surface area contributed by atoms with Crippen molar-refractivity contribution in [1.29, 1.82) is 0 Å². The normalized spacial score (nSPS) is 10.9. The lowest BCUT2D eigenvalue weighted by molar-refractivity contribution is 0.577. The Bertz CT molecular complexity index is 598. The second-order valence-corrected chi connectivity index (χ2v) is 3.04. The van der Waals surface area contributed by atoms with E-state index < -0.39 is 0 Å². The number of aromatic nitrogens is 4. The number of anilines is 1. The van der Waals surface area contributed by atoms with E-state index in [1.54, 1.807) is 24.6 Å². The predicted molar refractivity (Wildman–Crippen MR) is 52.9 cm³/mol. The van der Waals surface area contributed by atoms with Gasteiger partial charge in [0.15, 0.2) is 5.76 Å². The van der Waals surface area contributed by atoms with Crippen molar-refractivity contribution >= 4 is 11.5 Å². The van der Waals surface area contributed by atoms with E-state index in [1.165, 1.54) is 10.7 Å². The zero-order valence-electron chi connectivity index (χ0n) is 7.66. The fourth-order valence-electron chi connectivity index (χ4n) is 1.31. The maximum absolute atomic E-state index is 5.58. The average Bonchev–Trinajstić information content (AvgIpc) is 2.84.